The molecule has 0 aliphatic rings. The number of nitrogens with zero attached hydrogens (tertiary/aromatic N) is 1. The largest absolute Gasteiger partial charge is 0.481 e. The van der Waals surface area contributed by atoms with Gasteiger partial charge in [0.05, 0.1) is 33.7 Å². The minimum atomic E-state index is -0.965. The number of carbonyl (C=O) groups is 2. The molecule has 0 saturated carbocycles. The Kier molecular flexibility index (Phi) is 16.0. The standard InChI is InChI=1S/C23H45NO5/c1-5-6-7-8-9-10-11-12-13-15-20(25)16-14-17-23(28)29-21(18-22(26)27)19-24(2,3)4/h20-21,25H,5-19H2,1-4H3/p+1. The minimum absolute atomic E-state index is 0.178. The average Bonchev–Trinajstić information content (AvgIpc) is 2.58. The number of rotatable bonds is 19. The Bertz CT molecular complexity index is 433. The maximum absolute atomic E-state index is 12.0. The molecule has 0 fully saturated rings. The molecule has 0 radical (unpaired) electrons. The number of quaternary nitrogens is 1. The van der Waals surface area contributed by atoms with Crippen LogP contribution < -0.4 is 0 Å². The number of likely N-dealkylation sites (N-methyl/N-ethyl adjacent to an activating group) is 1. The minimum Gasteiger partial charge on any atom is -0.481 e. The Morgan fingerprint density at radius 2 is 1.38 bits per heavy atom. The number of aliphatic hydroxyl groups excluding tert-OH is 1. The fraction of sp³-hybridized carbons (Fsp3) is 0.913. The first-order valence-corrected chi connectivity index (χ1v) is 11.5. The number of aliphatic hydroxyl groups is 1. The lowest BCUT2D eigenvalue weighted by Crippen LogP contribution is -2.43. The van der Waals surface area contributed by atoms with E-state index in [1.165, 1.54) is 44.9 Å². The predicted octanol–water partition coefficient (Wildman–Crippen LogP) is 4.53. The zero-order valence-electron chi connectivity index (χ0n) is 19.3. The fourth-order valence-corrected chi connectivity index (χ4v) is 3.51. The molecule has 0 aromatic carbocycles. The van der Waals surface area contributed by atoms with Crippen molar-refractivity contribution >= 4 is 11.9 Å². The molecule has 2 unspecified atom stereocenters. The normalized spacial score (nSPS) is 13.8. The third-order valence-electron chi connectivity index (χ3n) is 5.01. The molecule has 2 atom stereocenters. The van der Waals surface area contributed by atoms with Crippen molar-refractivity contribution < 1.29 is 29.0 Å². The van der Waals surface area contributed by atoms with Crippen LogP contribution in [0.4, 0.5) is 0 Å². The second-order valence-electron chi connectivity index (χ2n) is 9.35. The maximum Gasteiger partial charge on any atom is 0.307 e. The quantitative estimate of drug-likeness (QED) is 0.184. The first-order valence-electron chi connectivity index (χ1n) is 11.5. The van der Waals surface area contributed by atoms with E-state index in [0.29, 0.717) is 23.9 Å². The molecule has 0 aromatic rings. The summed E-state index contributed by atoms with van der Waals surface area (Å²) in [4.78, 5) is 23.0. The zero-order valence-corrected chi connectivity index (χ0v) is 19.3. The topological polar surface area (TPSA) is 83.8 Å². The zero-order chi connectivity index (χ0) is 22.1. The summed E-state index contributed by atoms with van der Waals surface area (Å²) in [5.74, 6) is -1.34. The van der Waals surface area contributed by atoms with Crippen LogP contribution in [0.3, 0.4) is 0 Å². The third-order valence-corrected chi connectivity index (χ3v) is 5.01. The van der Waals surface area contributed by atoms with E-state index in [1.807, 2.05) is 21.1 Å². The van der Waals surface area contributed by atoms with Gasteiger partial charge in [-0.25, -0.2) is 0 Å². The van der Waals surface area contributed by atoms with Gasteiger partial charge in [0.25, 0.3) is 0 Å². The predicted molar refractivity (Wildman–Crippen MR) is 117 cm³/mol. The Morgan fingerprint density at radius 3 is 1.90 bits per heavy atom. The van der Waals surface area contributed by atoms with Crippen LogP contribution >= 0.6 is 0 Å². The highest BCUT2D eigenvalue weighted by Gasteiger charge is 2.24. The van der Waals surface area contributed by atoms with Crippen molar-refractivity contribution in [1.82, 2.24) is 0 Å². The lowest BCUT2D eigenvalue weighted by atomic mass is 10.0. The van der Waals surface area contributed by atoms with E-state index >= 15 is 0 Å². The van der Waals surface area contributed by atoms with E-state index in [4.69, 9.17) is 9.84 Å². The first kappa shape index (κ1) is 27.9. The highest BCUT2D eigenvalue weighted by molar-refractivity contribution is 5.71. The molecule has 2 N–H and O–H groups in total. The van der Waals surface area contributed by atoms with Crippen LogP contribution in [0.5, 0.6) is 0 Å². The molecular weight excluding hydrogens is 370 g/mol. The van der Waals surface area contributed by atoms with Gasteiger partial charge in [-0.05, 0) is 19.3 Å². The molecule has 0 aliphatic heterocycles. The summed E-state index contributed by atoms with van der Waals surface area (Å²) in [5, 5.41) is 19.1. The highest BCUT2D eigenvalue weighted by Crippen LogP contribution is 2.14. The molecule has 29 heavy (non-hydrogen) atoms. The van der Waals surface area contributed by atoms with Crippen molar-refractivity contribution in [1.29, 1.82) is 0 Å². The van der Waals surface area contributed by atoms with Crippen LogP contribution in [0, 0.1) is 0 Å². The van der Waals surface area contributed by atoms with Crippen LogP contribution in [0.1, 0.15) is 96.8 Å². The highest BCUT2D eigenvalue weighted by atomic mass is 16.5. The number of hydrogen-bond acceptors (Lipinski definition) is 4. The van der Waals surface area contributed by atoms with Gasteiger partial charge in [0, 0.05) is 6.42 Å². The molecule has 6 nitrogen and oxygen atoms in total. The van der Waals surface area contributed by atoms with Gasteiger partial charge in [0.15, 0.2) is 6.10 Å². The molecule has 0 saturated heterocycles. The summed E-state index contributed by atoms with van der Waals surface area (Å²) in [6.07, 6.45) is 12.4. The maximum atomic E-state index is 12.0. The molecule has 0 rings (SSSR count). The van der Waals surface area contributed by atoms with Crippen molar-refractivity contribution in [3.05, 3.63) is 0 Å². The van der Waals surface area contributed by atoms with E-state index in [2.05, 4.69) is 6.92 Å². The van der Waals surface area contributed by atoms with Crippen molar-refractivity contribution in [3.8, 4) is 0 Å². The summed E-state index contributed by atoms with van der Waals surface area (Å²) in [6, 6.07) is 0. The molecule has 6 heteroatoms. The number of unbranched alkanes of at least 4 members (excludes halogenated alkanes) is 8. The second-order valence-corrected chi connectivity index (χ2v) is 9.35. The number of carboxylic acids is 1. The van der Waals surface area contributed by atoms with Gasteiger partial charge in [-0.3, -0.25) is 9.59 Å². The van der Waals surface area contributed by atoms with E-state index in [-0.39, 0.29) is 24.9 Å². The van der Waals surface area contributed by atoms with Crippen molar-refractivity contribution in [2.24, 2.45) is 0 Å². The molecule has 0 heterocycles. The monoisotopic (exact) mass is 416 g/mol. The molecule has 0 spiro atoms. The van der Waals surface area contributed by atoms with Crippen molar-refractivity contribution in [2.45, 2.75) is 109 Å². The van der Waals surface area contributed by atoms with Gasteiger partial charge in [-0.1, -0.05) is 64.7 Å². The van der Waals surface area contributed by atoms with Crippen LogP contribution in [0.25, 0.3) is 0 Å². The van der Waals surface area contributed by atoms with Crippen LogP contribution in [0.2, 0.25) is 0 Å². The van der Waals surface area contributed by atoms with E-state index < -0.39 is 12.1 Å². The summed E-state index contributed by atoms with van der Waals surface area (Å²) in [7, 11) is 5.81. The van der Waals surface area contributed by atoms with Gasteiger partial charge in [-0.15, -0.1) is 0 Å². The molecular formula is C23H46NO5+. The smallest absolute Gasteiger partial charge is 0.307 e. The Balaban J connectivity index is 3.81. The fourth-order valence-electron chi connectivity index (χ4n) is 3.51. The van der Waals surface area contributed by atoms with Gasteiger partial charge in [-0.2, -0.15) is 0 Å². The molecule has 172 valence electrons. The van der Waals surface area contributed by atoms with Crippen molar-refractivity contribution in [3.63, 3.8) is 0 Å². The van der Waals surface area contributed by atoms with E-state index in [1.54, 1.807) is 0 Å². The number of aliphatic carboxylic acids is 1. The SMILES string of the molecule is CCCCCCCCCCCC(O)CCCC(=O)OC(CC(=O)O)C[N+](C)(C)C. The number of hydrogen-bond donors (Lipinski definition) is 2. The number of esters is 1. The van der Waals surface area contributed by atoms with Gasteiger partial charge in [0.1, 0.15) is 6.54 Å². The molecule has 0 aromatic heterocycles. The Morgan fingerprint density at radius 1 is 0.862 bits per heavy atom. The number of ether oxygens (including phenoxy) is 1. The summed E-state index contributed by atoms with van der Waals surface area (Å²) >= 11 is 0. The van der Waals surface area contributed by atoms with Crippen molar-refractivity contribution in [2.75, 3.05) is 27.7 Å². The number of carbonyl (C=O) groups excluding carboxylic acids is 1. The van der Waals surface area contributed by atoms with Crippen LogP contribution in [-0.4, -0.2) is 66.5 Å². The lowest BCUT2D eigenvalue weighted by Gasteiger charge is -2.28. The van der Waals surface area contributed by atoms with Crippen LogP contribution in [-0.2, 0) is 14.3 Å². The summed E-state index contributed by atoms with van der Waals surface area (Å²) in [6.45, 7) is 2.69. The first-order chi connectivity index (χ1) is 13.6. The summed E-state index contributed by atoms with van der Waals surface area (Å²) in [5.41, 5.74) is 0. The third kappa shape index (κ3) is 19.9. The summed E-state index contributed by atoms with van der Waals surface area (Å²) < 4.78 is 5.89. The van der Waals surface area contributed by atoms with Gasteiger partial charge >= 0.3 is 11.9 Å². The Labute approximate surface area is 178 Å². The average molecular weight is 417 g/mol. The molecule has 0 aliphatic carbocycles. The second kappa shape index (κ2) is 16.6. The molecule has 0 bridgehead atoms. The van der Waals surface area contributed by atoms with Gasteiger partial charge < -0.3 is 19.4 Å². The van der Waals surface area contributed by atoms with E-state index in [9.17, 15) is 14.7 Å². The number of carboxylic acid groups (broad SMARTS) is 1. The van der Waals surface area contributed by atoms with Crippen LogP contribution in [0.15, 0.2) is 0 Å². The van der Waals surface area contributed by atoms with Gasteiger partial charge in [0.2, 0.25) is 0 Å². The lowest BCUT2D eigenvalue weighted by molar-refractivity contribution is -0.873. The molecule has 0 amide bonds. The van der Waals surface area contributed by atoms with E-state index in [0.717, 1.165) is 19.3 Å². The Hall–Kier alpha value is -1.14.